The summed E-state index contributed by atoms with van der Waals surface area (Å²) in [6.07, 6.45) is 8.47. The van der Waals surface area contributed by atoms with Crippen LogP contribution < -0.4 is 14.2 Å². The maximum Gasteiger partial charge on any atom is 0.230 e. The van der Waals surface area contributed by atoms with E-state index in [0.29, 0.717) is 35.0 Å². The summed E-state index contributed by atoms with van der Waals surface area (Å²) in [6.45, 7) is 0.272. The molecule has 1 aliphatic heterocycles. The van der Waals surface area contributed by atoms with E-state index in [2.05, 4.69) is 11.1 Å². The summed E-state index contributed by atoms with van der Waals surface area (Å²) in [4.78, 5) is 4.49. The van der Waals surface area contributed by atoms with Crippen LogP contribution in [0.1, 0.15) is 12.0 Å². The van der Waals surface area contributed by atoms with E-state index < -0.39 is 0 Å². The van der Waals surface area contributed by atoms with Crippen LogP contribution in [0.15, 0.2) is 64.6 Å². The van der Waals surface area contributed by atoms with E-state index in [0.717, 1.165) is 33.7 Å². The monoisotopic (exact) mass is 419 g/mol. The highest BCUT2D eigenvalue weighted by atomic mass is 16.7. The average Bonchev–Trinajstić information content (AvgIpc) is 3.40. The fraction of sp³-hybridized carbons (Fsp3) is 0.208. The van der Waals surface area contributed by atoms with E-state index in [1.54, 1.807) is 27.5 Å². The Morgan fingerprint density at radius 3 is 2.48 bits per heavy atom. The summed E-state index contributed by atoms with van der Waals surface area (Å²) in [7, 11) is 4.75. The zero-order valence-electron chi connectivity index (χ0n) is 17.4. The molecule has 0 unspecified atom stereocenters. The van der Waals surface area contributed by atoms with E-state index in [9.17, 15) is 0 Å². The molecule has 31 heavy (non-hydrogen) atoms. The fourth-order valence-electron chi connectivity index (χ4n) is 3.78. The van der Waals surface area contributed by atoms with Gasteiger partial charge in [0.15, 0.2) is 22.8 Å². The number of allylic oxidation sites excluding steroid dienone is 4. The van der Waals surface area contributed by atoms with Crippen LogP contribution in [0.2, 0.25) is 0 Å². The SMILES string of the molecule is COc1cc(-c2cc3nccc(C4=CCC5=C(C=C4)OCO5)c3o2)cc(OC)c1OC. The molecule has 2 aliphatic rings. The summed E-state index contributed by atoms with van der Waals surface area (Å²) in [5.41, 5.74) is 4.21. The van der Waals surface area contributed by atoms with E-state index in [4.69, 9.17) is 28.1 Å². The van der Waals surface area contributed by atoms with Crippen LogP contribution in [0.4, 0.5) is 0 Å². The molecule has 0 saturated heterocycles. The minimum Gasteiger partial charge on any atom is -0.493 e. The molecule has 5 rings (SSSR count). The molecule has 0 spiro atoms. The zero-order chi connectivity index (χ0) is 21.4. The number of methoxy groups -OCH3 is 3. The molecular weight excluding hydrogens is 398 g/mol. The van der Waals surface area contributed by atoms with Crippen molar-refractivity contribution in [3.63, 3.8) is 0 Å². The van der Waals surface area contributed by atoms with Crippen molar-refractivity contribution in [3.8, 4) is 28.6 Å². The fourth-order valence-corrected chi connectivity index (χ4v) is 3.78. The molecule has 3 heterocycles. The standard InChI is InChI=1S/C24H21NO6/c1-26-21-10-15(11-22(27-2)24(21)28-3)20-12-17-23(31-20)16(8-9-25-17)14-4-6-18-19(7-5-14)30-13-29-18/h4-6,8-12H,7,13H2,1-3H3. The molecule has 3 aromatic rings. The average molecular weight is 419 g/mol. The molecule has 7 heteroatoms. The Kier molecular flexibility index (Phi) is 4.78. The van der Waals surface area contributed by atoms with E-state index in [1.165, 1.54) is 0 Å². The molecule has 0 atom stereocenters. The number of aromatic nitrogens is 1. The molecule has 1 aliphatic carbocycles. The number of fused-ring (bicyclic) bond motifs is 1. The molecule has 0 fully saturated rings. The van der Waals surface area contributed by atoms with Gasteiger partial charge in [-0.3, -0.25) is 4.98 Å². The highest BCUT2D eigenvalue weighted by Crippen LogP contribution is 2.42. The number of hydrogen-bond acceptors (Lipinski definition) is 7. The second-order valence-electron chi connectivity index (χ2n) is 6.99. The van der Waals surface area contributed by atoms with E-state index in [-0.39, 0.29) is 6.79 Å². The van der Waals surface area contributed by atoms with Gasteiger partial charge >= 0.3 is 0 Å². The lowest BCUT2D eigenvalue weighted by atomic mass is 10.0. The first-order valence-electron chi connectivity index (χ1n) is 9.78. The Bertz CT molecular complexity index is 1230. The Hall–Kier alpha value is -3.87. The van der Waals surface area contributed by atoms with Gasteiger partial charge in [-0.15, -0.1) is 0 Å². The van der Waals surface area contributed by atoms with Crippen LogP contribution in [0.5, 0.6) is 17.2 Å². The quantitative estimate of drug-likeness (QED) is 0.571. The third-order valence-corrected chi connectivity index (χ3v) is 5.32. The van der Waals surface area contributed by atoms with Gasteiger partial charge in [0.1, 0.15) is 17.0 Å². The topological polar surface area (TPSA) is 72.2 Å². The van der Waals surface area contributed by atoms with E-state index >= 15 is 0 Å². The number of rotatable bonds is 5. The van der Waals surface area contributed by atoms with Crippen molar-refractivity contribution in [1.29, 1.82) is 0 Å². The Morgan fingerprint density at radius 1 is 0.935 bits per heavy atom. The van der Waals surface area contributed by atoms with Gasteiger partial charge in [-0.05, 0) is 29.8 Å². The van der Waals surface area contributed by atoms with Gasteiger partial charge in [-0.1, -0.05) is 12.2 Å². The summed E-state index contributed by atoms with van der Waals surface area (Å²) in [6, 6.07) is 7.56. The molecule has 0 bridgehead atoms. The highest BCUT2D eigenvalue weighted by molar-refractivity contribution is 5.93. The first-order chi connectivity index (χ1) is 15.2. The molecule has 2 aromatic heterocycles. The lowest BCUT2D eigenvalue weighted by molar-refractivity contribution is 0.0732. The lowest BCUT2D eigenvalue weighted by Crippen LogP contribution is -1.95. The minimum atomic E-state index is 0.272. The van der Waals surface area contributed by atoms with Crippen molar-refractivity contribution in [2.45, 2.75) is 6.42 Å². The smallest absolute Gasteiger partial charge is 0.230 e. The maximum absolute atomic E-state index is 6.28. The molecule has 1 aromatic carbocycles. The largest absolute Gasteiger partial charge is 0.493 e. The predicted molar refractivity (Wildman–Crippen MR) is 115 cm³/mol. The third kappa shape index (κ3) is 3.28. The van der Waals surface area contributed by atoms with Crippen molar-refractivity contribution in [1.82, 2.24) is 4.98 Å². The first kappa shape index (κ1) is 19.1. The molecule has 0 radical (unpaired) electrons. The second-order valence-corrected chi connectivity index (χ2v) is 6.99. The van der Waals surface area contributed by atoms with Gasteiger partial charge < -0.3 is 28.1 Å². The number of hydrogen-bond donors (Lipinski definition) is 0. The van der Waals surface area contributed by atoms with Crippen molar-refractivity contribution in [2.24, 2.45) is 0 Å². The van der Waals surface area contributed by atoms with Crippen molar-refractivity contribution >= 4 is 16.7 Å². The van der Waals surface area contributed by atoms with Crippen LogP contribution in [0.25, 0.3) is 28.0 Å². The van der Waals surface area contributed by atoms with Gasteiger partial charge in [0.05, 0.1) is 21.3 Å². The van der Waals surface area contributed by atoms with Gasteiger partial charge in [0.2, 0.25) is 12.5 Å². The predicted octanol–water partition coefficient (Wildman–Crippen LogP) is 5.08. The van der Waals surface area contributed by atoms with Crippen LogP contribution in [0.3, 0.4) is 0 Å². The summed E-state index contributed by atoms with van der Waals surface area (Å²) >= 11 is 0. The van der Waals surface area contributed by atoms with Crippen molar-refractivity contribution in [2.75, 3.05) is 28.1 Å². The molecule has 158 valence electrons. The highest BCUT2D eigenvalue weighted by Gasteiger charge is 2.20. The third-order valence-electron chi connectivity index (χ3n) is 5.32. The van der Waals surface area contributed by atoms with Gasteiger partial charge in [-0.2, -0.15) is 0 Å². The van der Waals surface area contributed by atoms with Gasteiger partial charge in [0.25, 0.3) is 0 Å². The summed E-state index contributed by atoms with van der Waals surface area (Å²) in [5, 5.41) is 0. The number of pyridine rings is 1. The number of benzene rings is 1. The van der Waals surface area contributed by atoms with Crippen LogP contribution in [-0.2, 0) is 9.47 Å². The van der Waals surface area contributed by atoms with Gasteiger partial charge in [-0.25, -0.2) is 0 Å². The number of nitrogens with zero attached hydrogens (tertiary/aromatic N) is 1. The molecule has 0 N–H and O–H groups in total. The van der Waals surface area contributed by atoms with Crippen LogP contribution in [0, 0.1) is 0 Å². The van der Waals surface area contributed by atoms with Crippen molar-refractivity contribution in [3.05, 3.63) is 65.8 Å². The van der Waals surface area contributed by atoms with Crippen LogP contribution >= 0.6 is 0 Å². The zero-order valence-corrected chi connectivity index (χ0v) is 17.4. The molecular formula is C24H21NO6. The number of furan rings is 1. The number of ether oxygens (including phenoxy) is 5. The van der Waals surface area contributed by atoms with E-state index in [1.807, 2.05) is 36.4 Å². The minimum absolute atomic E-state index is 0.272. The van der Waals surface area contributed by atoms with Crippen LogP contribution in [-0.4, -0.2) is 33.1 Å². The van der Waals surface area contributed by atoms with Crippen molar-refractivity contribution < 1.29 is 28.1 Å². The Labute approximate surface area is 179 Å². The second kappa shape index (κ2) is 7.75. The Morgan fingerprint density at radius 2 is 1.74 bits per heavy atom. The maximum atomic E-state index is 6.28. The van der Waals surface area contributed by atoms with Gasteiger partial charge in [0, 0.05) is 29.8 Å². The normalized spacial score (nSPS) is 15.1. The summed E-state index contributed by atoms with van der Waals surface area (Å²) in [5.74, 6) is 3.91. The summed E-state index contributed by atoms with van der Waals surface area (Å²) < 4.78 is 33.7. The first-order valence-corrected chi connectivity index (χ1v) is 9.78. The lowest BCUT2D eigenvalue weighted by Gasteiger charge is -2.13. The molecule has 0 amide bonds. The molecule has 7 nitrogen and oxygen atoms in total. The Balaban J connectivity index is 1.58. The molecule has 0 saturated carbocycles.